The van der Waals surface area contributed by atoms with Crippen LogP contribution in [0.25, 0.3) is 0 Å². The maximum atomic E-state index is 13.2. The van der Waals surface area contributed by atoms with Gasteiger partial charge in [-0.1, -0.05) is 24.3 Å². The van der Waals surface area contributed by atoms with Gasteiger partial charge in [-0.05, 0) is 38.4 Å². The maximum Gasteiger partial charge on any atom is 0.260 e. The van der Waals surface area contributed by atoms with Gasteiger partial charge in [0.05, 0.1) is 22.6 Å². The molecule has 0 atom stereocenters. The van der Waals surface area contributed by atoms with E-state index in [-0.39, 0.29) is 5.91 Å². The molecule has 2 aromatic carbocycles. The number of benzene rings is 2. The van der Waals surface area contributed by atoms with Crippen LogP contribution in [-0.2, 0) is 0 Å². The summed E-state index contributed by atoms with van der Waals surface area (Å²) in [5.41, 5.74) is 1.93. The van der Waals surface area contributed by atoms with Crippen molar-refractivity contribution in [1.29, 1.82) is 0 Å². The molecule has 0 unspecified atom stereocenters. The van der Waals surface area contributed by atoms with Gasteiger partial charge < -0.3 is 14.7 Å². The molecule has 0 spiro atoms. The normalized spacial score (nSPS) is 16.5. The van der Waals surface area contributed by atoms with Crippen molar-refractivity contribution in [3.05, 3.63) is 54.1 Å². The van der Waals surface area contributed by atoms with E-state index < -0.39 is 6.98 Å². The number of fused-ring (bicyclic) bond motifs is 2. The van der Waals surface area contributed by atoms with Crippen molar-refractivity contribution in [2.75, 3.05) is 44.0 Å². The molecule has 22 heavy (non-hydrogen) atoms. The number of likely N-dealkylation sites (N-methyl/N-ethyl adjacent to an activating group) is 1. The van der Waals surface area contributed by atoms with Gasteiger partial charge in [-0.2, -0.15) is 0 Å². The Bertz CT molecular complexity index is 789. The first-order valence-corrected chi connectivity index (χ1v) is 7.25. The van der Waals surface area contributed by atoms with Gasteiger partial charge in [0.25, 0.3) is 5.91 Å². The quantitative estimate of drug-likeness (QED) is 0.871. The number of amides is 1. The molecule has 1 heterocycles. The third-order valence-corrected chi connectivity index (χ3v) is 3.80. The summed E-state index contributed by atoms with van der Waals surface area (Å²) in [5, 5.41) is 0. The lowest BCUT2D eigenvalue weighted by atomic mass is 10.1. The second kappa shape index (κ2) is 5.81. The number of hydrogen-bond acceptors (Lipinski definition) is 3. The van der Waals surface area contributed by atoms with Gasteiger partial charge in [-0.3, -0.25) is 4.79 Å². The second-order valence-electron chi connectivity index (χ2n) is 5.60. The zero-order valence-electron chi connectivity index (χ0n) is 15.8. The van der Waals surface area contributed by atoms with Crippen LogP contribution in [-0.4, -0.2) is 45.0 Å². The van der Waals surface area contributed by atoms with Crippen molar-refractivity contribution in [3.8, 4) is 0 Å². The monoisotopic (exact) mass is 298 g/mol. The Morgan fingerprint density at radius 1 is 1.00 bits per heavy atom. The zero-order valence-corrected chi connectivity index (χ0v) is 12.8. The lowest BCUT2D eigenvalue weighted by Crippen LogP contribution is -2.36. The first-order valence-electron chi connectivity index (χ1n) is 8.75. The van der Waals surface area contributed by atoms with Crippen molar-refractivity contribution in [2.24, 2.45) is 0 Å². The molecule has 2 aromatic rings. The first kappa shape index (κ1) is 11.3. The largest absolute Gasteiger partial charge is 0.342 e. The average Bonchev–Trinajstić information content (AvgIpc) is 2.65. The van der Waals surface area contributed by atoms with E-state index in [1.807, 2.05) is 25.1 Å². The molecule has 0 saturated carbocycles. The summed E-state index contributed by atoms with van der Waals surface area (Å²) >= 11 is 0. The lowest BCUT2D eigenvalue weighted by Gasteiger charge is -2.25. The minimum Gasteiger partial charge on any atom is -0.342 e. The number of nitrogens with zero attached hydrogens (tertiary/aromatic N) is 3. The summed E-state index contributed by atoms with van der Waals surface area (Å²) in [5.74, 6) is -0.184. The van der Waals surface area contributed by atoms with E-state index in [0.717, 1.165) is 0 Å². The van der Waals surface area contributed by atoms with Crippen LogP contribution >= 0.6 is 0 Å². The third-order valence-electron chi connectivity index (χ3n) is 3.80. The van der Waals surface area contributed by atoms with Crippen molar-refractivity contribution in [2.45, 2.75) is 0 Å². The van der Waals surface area contributed by atoms with Gasteiger partial charge in [0, 0.05) is 24.2 Å². The molecule has 3 rings (SSSR count). The number of rotatable bonds is 3. The smallest absolute Gasteiger partial charge is 0.260 e. The summed E-state index contributed by atoms with van der Waals surface area (Å²) in [6, 6.07) is 14.0. The SMILES string of the molecule is [2H]C([2H])([2H])N1c2ccccc2C(=O)N(CCN(C)C)c2ccccc21. The van der Waals surface area contributed by atoms with Crippen LogP contribution in [0.1, 0.15) is 14.5 Å². The predicted molar refractivity (Wildman–Crippen MR) is 91.2 cm³/mol. The van der Waals surface area contributed by atoms with Crippen LogP contribution in [0, 0.1) is 0 Å². The number of carbonyl (C=O) groups excluding carboxylic acids is 1. The Labute approximate surface area is 135 Å². The molecule has 0 radical (unpaired) electrons. The zero-order chi connectivity index (χ0) is 18.2. The molecule has 1 aliphatic heterocycles. The summed E-state index contributed by atoms with van der Waals surface area (Å²) in [6.45, 7) is -1.24. The van der Waals surface area contributed by atoms with Gasteiger partial charge >= 0.3 is 0 Å². The Balaban J connectivity index is 2.24. The molecule has 1 amide bonds. The maximum absolute atomic E-state index is 13.2. The molecule has 4 nitrogen and oxygen atoms in total. The molecule has 4 heteroatoms. The number of hydrogen-bond donors (Lipinski definition) is 0. The second-order valence-corrected chi connectivity index (χ2v) is 5.60. The molecule has 0 fully saturated rings. The fourth-order valence-corrected chi connectivity index (χ4v) is 2.64. The van der Waals surface area contributed by atoms with Gasteiger partial charge in [0.15, 0.2) is 0 Å². The highest BCUT2D eigenvalue weighted by molar-refractivity contribution is 6.13. The highest BCUT2D eigenvalue weighted by Gasteiger charge is 2.28. The molecular formula is C18H21N3O. The van der Waals surface area contributed by atoms with E-state index >= 15 is 0 Å². The van der Waals surface area contributed by atoms with E-state index in [0.29, 0.717) is 35.7 Å². The Morgan fingerprint density at radius 2 is 1.64 bits per heavy atom. The molecule has 0 saturated heterocycles. The van der Waals surface area contributed by atoms with E-state index in [1.54, 1.807) is 47.4 Å². The van der Waals surface area contributed by atoms with Gasteiger partial charge in [-0.15, -0.1) is 0 Å². The Morgan fingerprint density at radius 3 is 2.32 bits per heavy atom. The van der Waals surface area contributed by atoms with E-state index in [9.17, 15) is 4.79 Å². The standard InChI is InChI=1S/C18H21N3O/c1-19(2)12-13-21-17-11-7-6-10-16(17)20(3)15-9-5-4-8-14(15)18(21)22/h4-11H,12-13H2,1-3H3/i3D3. The molecule has 0 bridgehead atoms. The fourth-order valence-electron chi connectivity index (χ4n) is 2.64. The highest BCUT2D eigenvalue weighted by atomic mass is 16.2. The van der Waals surface area contributed by atoms with Crippen LogP contribution in [0.15, 0.2) is 48.5 Å². The molecule has 0 aromatic heterocycles. The molecule has 114 valence electrons. The highest BCUT2D eigenvalue weighted by Crippen LogP contribution is 2.39. The van der Waals surface area contributed by atoms with Crippen molar-refractivity contribution in [1.82, 2.24) is 4.90 Å². The summed E-state index contributed by atoms with van der Waals surface area (Å²) < 4.78 is 24.0. The number of anilines is 3. The van der Waals surface area contributed by atoms with Crippen LogP contribution in [0.2, 0.25) is 0 Å². The summed E-state index contributed by atoms with van der Waals surface area (Å²) in [6.07, 6.45) is 0. The molecular weight excluding hydrogens is 274 g/mol. The van der Waals surface area contributed by atoms with E-state index in [4.69, 9.17) is 4.11 Å². The third kappa shape index (κ3) is 2.46. The first-order chi connectivity index (χ1) is 11.8. The van der Waals surface area contributed by atoms with Crippen LogP contribution in [0.4, 0.5) is 17.1 Å². The van der Waals surface area contributed by atoms with Crippen molar-refractivity contribution >= 4 is 23.0 Å². The van der Waals surface area contributed by atoms with Crippen molar-refractivity contribution < 1.29 is 8.91 Å². The summed E-state index contributed by atoms with van der Waals surface area (Å²) in [4.78, 5) is 18.1. The average molecular weight is 298 g/mol. The van der Waals surface area contributed by atoms with Crippen LogP contribution in [0.5, 0.6) is 0 Å². The Kier molecular flexibility index (Phi) is 2.98. The number of carbonyl (C=O) groups is 1. The van der Waals surface area contributed by atoms with E-state index in [2.05, 4.69) is 0 Å². The minimum absolute atomic E-state index is 0.184. The van der Waals surface area contributed by atoms with Gasteiger partial charge in [-0.25, -0.2) is 0 Å². The fraction of sp³-hybridized carbons (Fsp3) is 0.278. The predicted octanol–water partition coefficient (Wildman–Crippen LogP) is 2.98. The van der Waals surface area contributed by atoms with E-state index in [1.165, 1.54) is 4.90 Å². The van der Waals surface area contributed by atoms with Crippen LogP contribution < -0.4 is 9.80 Å². The van der Waals surface area contributed by atoms with Crippen LogP contribution in [0.3, 0.4) is 0 Å². The van der Waals surface area contributed by atoms with Gasteiger partial charge in [0.1, 0.15) is 0 Å². The lowest BCUT2D eigenvalue weighted by molar-refractivity contribution is 0.0986. The van der Waals surface area contributed by atoms with Gasteiger partial charge in [0.2, 0.25) is 0 Å². The Hall–Kier alpha value is -2.33. The molecule has 0 N–H and O–H groups in total. The van der Waals surface area contributed by atoms with Crippen molar-refractivity contribution in [3.63, 3.8) is 0 Å². The summed E-state index contributed by atoms with van der Waals surface area (Å²) in [7, 11) is 3.88. The topological polar surface area (TPSA) is 26.8 Å². The molecule has 1 aliphatic rings. The minimum atomic E-state index is -2.40. The number of para-hydroxylation sites is 3. The molecule has 0 aliphatic carbocycles.